The van der Waals surface area contributed by atoms with Crippen molar-refractivity contribution < 1.29 is 13.9 Å². The van der Waals surface area contributed by atoms with Gasteiger partial charge >= 0.3 is 0 Å². The number of anilines is 1. The Morgan fingerprint density at radius 3 is 2.38 bits per heavy atom. The van der Waals surface area contributed by atoms with E-state index in [1.807, 2.05) is 18.2 Å². The average Bonchev–Trinajstić information content (AvgIpc) is 3.20. The Morgan fingerprint density at radius 1 is 1.14 bits per heavy atom. The van der Waals surface area contributed by atoms with Crippen LogP contribution in [0.25, 0.3) is 0 Å². The van der Waals surface area contributed by atoms with Gasteiger partial charge in [0.05, 0.1) is 14.2 Å². The lowest BCUT2D eigenvalue weighted by Crippen LogP contribution is -2.44. The second-order valence-electron chi connectivity index (χ2n) is 6.70. The van der Waals surface area contributed by atoms with Crippen molar-refractivity contribution in [2.24, 2.45) is 4.99 Å². The summed E-state index contributed by atoms with van der Waals surface area (Å²) in [7, 11) is 5.06. The van der Waals surface area contributed by atoms with Crippen LogP contribution in [0.3, 0.4) is 0 Å². The predicted octanol–water partition coefficient (Wildman–Crippen LogP) is 3.40. The Bertz CT molecular complexity index is 795. The van der Waals surface area contributed by atoms with E-state index in [0.29, 0.717) is 6.54 Å². The Balaban J connectivity index is 0.00000300. The fourth-order valence-electron chi connectivity index (χ4n) is 3.26. The monoisotopic (exact) mass is 514 g/mol. The standard InChI is InChI=1S/C21H27FN4O2.HI/c1-23-21(24-13-15-4-6-16(22)7-5-15)25-17-8-9-26(14-17)18-10-19(27-2)12-20(11-18)28-3;/h4-7,10-12,17H,8-9,13-14H2,1-3H3,(H2,23,24,25);1H. The smallest absolute Gasteiger partial charge is 0.191 e. The Labute approximate surface area is 188 Å². The SMILES string of the molecule is CN=C(NCc1ccc(F)cc1)NC1CCN(c2cc(OC)cc(OC)c2)C1.I. The summed E-state index contributed by atoms with van der Waals surface area (Å²) in [6.07, 6.45) is 0.997. The predicted molar refractivity (Wildman–Crippen MR) is 125 cm³/mol. The van der Waals surface area contributed by atoms with Gasteiger partial charge in [-0.25, -0.2) is 4.39 Å². The van der Waals surface area contributed by atoms with Gasteiger partial charge in [0.25, 0.3) is 0 Å². The number of nitrogens with one attached hydrogen (secondary N) is 2. The van der Waals surface area contributed by atoms with Crippen molar-refractivity contribution in [2.45, 2.75) is 19.0 Å². The van der Waals surface area contributed by atoms with Crippen LogP contribution in [0.4, 0.5) is 10.1 Å². The highest BCUT2D eigenvalue weighted by Crippen LogP contribution is 2.30. The molecule has 6 nitrogen and oxygen atoms in total. The molecule has 8 heteroatoms. The Kier molecular flexibility index (Phi) is 8.81. The first kappa shape index (κ1) is 23.1. The van der Waals surface area contributed by atoms with Crippen molar-refractivity contribution in [1.29, 1.82) is 0 Å². The number of hydrogen-bond donors (Lipinski definition) is 2. The lowest BCUT2D eigenvalue weighted by atomic mass is 10.2. The van der Waals surface area contributed by atoms with E-state index in [1.54, 1.807) is 33.4 Å². The molecule has 0 aliphatic carbocycles. The van der Waals surface area contributed by atoms with Crippen LogP contribution in [0.2, 0.25) is 0 Å². The molecule has 1 aliphatic rings. The summed E-state index contributed by atoms with van der Waals surface area (Å²) in [5.41, 5.74) is 2.08. The number of halogens is 2. The van der Waals surface area contributed by atoms with Crippen molar-refractivity contribution in [2.75, 3.05) is 39.3 Å². The summed E-state index contributed by atoms with van der Waals surface area (Å²) in [4.78, 5) is 6.60. The molecule has 0 amide bonds. The third-order valence-electron chi connectivity index (χ3n) is 4.83. The maximum atomic E-state index is 13.0. The molecule has 0 saturated carbocycles. The van der Waals surface area contributed by atoms with Gasteiger partial charge in [-0.3, -0.25) is 4.99 Å². The fourth-order valence-corrected chi connectivity index (χ4v) is 3.26. The molecular weight excluding hydrogens is 486 g/mol. The molecule has 158 valence electrons. The first-order chi connectivity index (χ1) is 13.6. The number of methoxy groups -OCH3 is 2. The molecule has 3 rings (SSSR count). The number of nitrogens with zero attached hydrogens (tertiary/aromatic N) is 2. The molecule has 1 unspecified atom stereocenters. The van der Waals surface area contributed by atoms with E-state index in [4.69, 9.17) is 9.47 Å². The van der Waals surface area contributed by atoms with E-state index in [9.17, 15) is 4.39 Å². The van der Waals surface area contributed by atoms with Gasteiger partial charge in [0.2, 0.25) is 0 Å². The summed E-state index contributed by atoms with van der Waals surface area (Å²) in [6.45, 7) is 2.37. The van der Waals surface area contributed by atoms with Crippen molar-refractivity contribution in [1.82, 2.24) is 10.6 Å². The second-order valence-corrected chi connectivity index (χ2v) is 6.70. The van der Waals surface area contributed by atoms with E-state index >= 15 is 0 Å². The lowest BCUT2D eigenvalue weighted by Gasteiger charge is -2.21. The minimum Gasteiger partial charge on any atom is -0.497 e. The van der Waals surface area contributed by atoms with Crippen LogP contribution in [0, 0.1) is 5.82 Å². The molecule has 2 N–H and O–H groups in total. The van der Waals surface area contributed by atoms with Gasteiger partial charge in [0, 0.05) is 56.6 Å². The molecule has 1 saturated heterocycles. The normalized spacial score (nSPS) is 16.2. The topological polar surface area (TPSA) is 58.1 Å². The molecule has 1 fully saturated rings. The summed E-state index contributed by atoms with van der Waals surface area (Å²) in [6, 6.07) is 12.6. The van der Waals surface area contributed by atoms with E-state index in [2.05, 4.69) is 20.5 Å². The molecule has 1 heterocycles. The number of rotatable bonds is 6. The summed E-state index contributed by atoms with van der Waals surface area (Å²) in [5.74, 6) is 2.07. The molecule has 2 aromatic carbocycles. The average molecular weight is 514 g/mol. The molecule has 1 atom stereocenters. The van der Waals surface area contributed by atoms with Gasteiger partial charge in [-0.2, -0.15) is 0 Å². The number of ether oxygens (including phenoxy) is 2. The third kappa shape index (κ3) is 6.38. The van der Waals surface area contributed by atoms with Crippen molar-refractivity contribution in [3.63, 3.8) is 0 Å². The third-order valence-corrected chi connectivity index (χ3v) is 4.83. The van der Waals surface area contributed by atoms with Gasteiger partial charge in [0.1, 0.15) is 17.3 Å². The van der Waals surface area contributed by atoms with Crippen LogP contribution in [0.15, 0.2) is 47.5 Å². The highest BCUT2D eigenvalue weighted by Gasteiger charge is 2.24. The zero-order valence-corrected chi connectivity index (χ0v) is 19.3. The van der Waals surface area contributed by atoms with Crippen molar-refractivity contribution >= 4 is 35.6 Å². The minimum atomic E-state index is -0.230. The van der Waals surface area contributed by atoms with Gasteiger partial charge in [0.15, 0.2) is 5.96 Å². The fraction of sp³-hybridized carbons (Fsp3) is 0.381. The van der Waals surface area contributed by atoms with Crippen molar-refractivity contribution in [3.8, 4) is 11.5 Å². The summed E-state index contributed by atoms with van der Waals surface area (Å²) < 4.78 is 23.8. The van der Waals surface area contributed by atoms with E-state index in [-0.39, 0.29) is 35.8 Å². The van der Waals surface area contributed by atoms with Gasteiger partial charge in [-0.15, -0.1) is 24.0 Å². The quantitative estimate of drug-likeness (QED) is 0.352. The van der Waals surface area contributed by atoms with Crippen LogP contribution in [-0.4, -0.2) is 46.4 Å². The molecule has 29 heavy (non-hydrogen) atoms. The number of hydrogen-bond acceptors (Lipinski definition) is 4. The second kappa shape index (κ2) is 11.1. The highest BCUT2D eigenvalue weighted by atomic mass is 127. The van der Waals surface area contributed by atoms with E-state index < -0.39 is 0 Å². The van der Waals surface area contributed by atoms with Gasteiger partial charge in [-0.05, 0) is 24.1 Å². The molecule has 1 aliphatic heterocycles. The van der Waals surface area contributed by atoms with Crippen LogP contribution in [-0.2, 0) is 6.54 Å². The summed E-state index contributed by atoms with van der Waals surface area (Å²) in [5, 5.41) is 6.75. The maximum absolute atomic E-state index is 13.0. The maximum Gasteiger partial charge on any atom is 0.191 e. The van der Waals surface area contributed by atoms with Crippen LogP contribution >= 0.6 is 24.0 Å². The molecule has 2 aromatic rings. The minimum absolute atomic E-state index is 0. The zero-order valence-electron chi connectivity index (χ0n) is 16.9. The van der Waals surface area contributed by atoms with Crippen LogP contribution in [0.1, 0.15) is 12.0 Å². The van der Waals surface area contributed by atoms with Gasteiger partial charge in [-0.1, -0.05) is 12.1 Å². The molecule has 0 spiro atoms. The Morgan fingerprint density at radius 2 is 1.79 bits per heavy atom. The first-order valence-electron chi connectivity index (χ1n) is 9.31. The molecular formula is C21H28FIN4O2. The Hall–Kier alpha value is -2.23. The largest absolute Gasteiger partial charge is 0.497 e. The highest BCUT2D eigenvalue weighted by molar-refractivity contribution is 14.0. The lowest BCUT2D eigenvalue weighted by molar-refractivity contribution is 0.394. The van der Waals surface area contributed by atoms with Crippen LogP contribution < -0.4 is 25.0 Å². The molecule has 0 aromatic heterocycles. The number of benzene rings is 2. The van der Waals surface area contributed by atoms with Crippen LogP contribution in [0.5, 0.6) is 11.5 Å². The number of guanidine groups is 1. The number of aliphatic imine (C=N–C) groups is 1. The molecule has 0 bridgehead atoms. The van der Waals surface area contributed by atoms with E-state index in [0.717, 1.165) is 48.2 Å². The first-order valence-corrected chi connectivity index (χ1v) is 9.31. The molecule has 0 radical (unpaired) electrons. The summed E-state index contributed by atoms with van der Waals surface area (Å²) >= 11 is 0. The van der Waals surface area contributed by atoms with Gasteiger partial charge < -0.3 is 25.0 Å². The van der Waals surface area contributed by atoms with E-state index in [1.165, 1.54) is 12.1 Å². The zero-order chi connectivity index (χ0) is 19.9. The van der Waals surface area contributed by atoms with Crippen molar-refractivity contribution in [3.05, 3.63) is 53.8 Å².